The average Bonchev–Trinajstić information content (AvgIpc) is 2.82. The van der Waals surface area contributed by atoms with Crippen LogP contribution in [0.25, 0.3) is 22.6 Å². The van der Waals surface area contributed by atoms with Crippen LogP contribution >= 0.6 is 0 Å². The summed E-state index contributed by atoms with van der Waals surface area (Å²) in [6, 6.07) is 15.9. The van der Waals surface area contributed by atoms with Crippen molar-refractivity contribution in [3.63, 3.8) is 0 Å². The number of hydrogen-bond donors (Lipinski definition) is 1. The van der Waals surface area contributed by atoms with Crippen LogP contribution < -0.4 is 5.73 Å². The van der Waals surface area contributed by atoms with Gasteiger partial charge in [-0.25, -0.2) is 4.98 Å². The Balaban J connectivity index is 2.12. The number of benzene rings is 2. The zero-order valence-corrected chi connectivity index (χ0v) is 11.6. The average molecular weight is 264 g/mol. The van der Waals surface area contributed by atoms with Crippen molar-refractivity contribution in [1.82, 2.24) is 4.98 Å². The van der Waals surface area contributed by atoms with E-state index in [1.807, 2.05) is 31.2 Å². The predicted molar refractivity (Wildman–Crippen MR) is 81.3 cm³/mol. The van der Waals surface area contributed by atoms with Crippen LogP contribution in [0.1, 0.15) is 11.5 Å². The number of hydrogen-bond acceptors (Lipinski definition) is 3. The van der Waals surface area contributed by atoms with E-state index < -0.39 is 0 Å². The first kappa shape index (κ1) is 12.5. The van der Waals surface area contributed by atoms with Crippen molar-refractivity contribution in [2.75, 3.05) is 5.73 Å². The molecule has 20 heavy (non-hydrogen) atoms. The van der Waals surface area contributed by atoms with Gasteiger partial charge in [-0.15, -0.1) is 0 Å². The molecule has 0 amide bonds. The fraction of sp³-hybridized carbons (Fsp3) is 0.118. The quantitative estimate of drug-likeness (QED) is 0.705. The van der Waals surface area contributed by atoms with Gasteiger partial charge in [-0.05, 0) is 19.1 Å². The van der Waals surface area contributed by atoms with Gasteiger partial charge in [0.15, 0.2) is 11.7 Å². The topological polar surface area (TPSA) is 52.0 Å². The smallest absolute Gasteiger partial charge is 0.192 e. The second kappa shape index (κ2) is 4.85. The summed E-state index contributed by atoms with van der Waals surface area (Å²) in [6.45, 7) is 3.93. The molecule has 2 aromatic carbocycles. The van der Waals surface area contributed by atoms with Gasteiger partial charge in [-0.3, -0.25) is 0 Å². The molecular formula is C17H16N2O. The van der Waals surface area contributed by atoms with Gasteiger partial charge in [0.05, 0.1) is 0 Å². The van der Waals surface area contributed by atoms with Crippen LogP contribution in [-0.2, 0) is 0 Å². The third-order valence-corrected chi connectivity index (χ3v) is 3.23. The highest BCUT2D eigenvalue weighted by Gasteiger charge is 2.14. The monoisotopic (exact) mass is 264 g/mol. The van der Waals surface area contributed by atoms with Crippen LogP contribution in [0.4, 0.5) is 5.69 Å². The normalized spacial score (nSPS) is 10.7. The molecule has 2 N–H and O–H groups in total. The first-order chi connectivity index (χ1) is 9.63. The zero-order chi connectivity index (χ0) is 14.1. The number of aromatic nitrogens is 1. The molecule has 0 radical (unpaired) electrons. The number of anilines is 1. The summed E-state index contributed by atoms with van der Waals surface area (Å²) in [5, 5.41) is 0. The lowest BCUT2D eigenvalue weighted by atomic mass is 10.0. The van der Waals surface area contributed by atoms with Crippen molar-refractivity contribution in [1.29, 1.82) is 0 Å². The summed E-state index contributed by atoms with van der Waals surface area (Å²) in [4.78, 5) is 4.50. The second-order valence-electron chi connectivity index (χ2n) is 4.90. The van der Waals surface area contributed by atoms with Crippen molar-refractivity contribution in [3.05, 3.63) is 60.0 Å². The maximum atomic E-state index is 5.78. The minimum atomic E-state index is 0.660. The molecule has 1 aromatic heterocycles. The summed E-state index contributed by atoms with van der Waals surface area (Å²) in [5.41, 5.74) is 10.6. The third kappa shape index (κ3) is 2.30. The predicted octanol–water partition coefficient (Wildman–Crippen LogP) is 4.21. The summed E-state index contributed by atoms with van der Waals surface area (Å²) in [7, 11) is 0. The van der Waals surface area contributed by atoms with E-state index in [-0.39, 0.29) is 0 Å². The van der Waals surface area contributed by atoms with Gasteiger partial charge in [-0.1, -0.05) is 42.0 Å². The SMILES string of the molecule is Cc1ccc(-c2oc(C)nc2-c2ccc(N)cc2)cc1. The summed E-state index contributed by atoms with van der Waals surface area (Å²) < 4.78 is 5.78. The standard InChI is InChI=1S/C17H16N2O/c1-11-3-5-14(6-4-11)17-16(19-12(2)20-17)13-7-9-15(18)10-8-13/h3-10H,18H2,1-2H3. The minimum Gasteiger partial charge on any atom is -0.440 e. The van der Waals surface area contributed by atoms with E-state index in [1.165, 1.54) is 5.56 Å². The number of aryl methyl sites for hydroxylation is 2. The molecule has 100 valence electrons. The van der Waals surface area contributed by atoms with Gasteiger partial charge < -0.3 is 10.2 Å². The van der Waals surface area contributed by atoms with E-state index in [1.54, 1.807) is 0 Å². The number of oxazole rings is 1. The lowest BCUT2D eigenvalue weighted by Gasteiger charge is -2.02. The molecule has 3 nitrogen and oxygen atoms in total. The fourth-order valence-electron chi connectivity index (χ4n) is 2.16. The molecule has 1 heterocycles. The molecule has 3 rings (SSSR count). The van der Waals surface area contributed by atoms with E-state index in [0.29, 0.717) is 5.89 Å². The number of nitrogen functional groups attached to an aromatic ring is 1. The zero-order valence-electron chi connectivity index (χ0n) is 11.6. The molecule has 0 bridgehead atoms. The Kier molecular flexibility index (Phi) is 3.03. The maximum Gasteiger partial charge on any atom is 0.192 e. The van der Waals surface area contributed by atoms with Crippen molar-refractivity contribution >= 4 is 5.69 Å². The van der Waals surface area contributed by atoms with Crippen LogP contribution in [0, 0.1) is 13.8 Å². The Morgan fingerprint density at radius 2 is 1.45 bits per heavy atom. The Morgan fingerprint density at radius 3 is 2.10 bits per heavy atom. The molecular weight excluding hydrogens is 248 g/mol. The lowest BCUT2D eigenvalue weighted by molar-refractivity contribution is 0.534. The molecule has 3 aromatic rings. The largest absolute Gasteiger partial charge is 0.440 e. The Bertz CT molecular complexity index is 662. The first-order valence-electron chi connectivity index (χ1n) is 6.54. The van der Waals surface area contributed by atoms with Crippen molar-refractivity contribution in [2.45, 2.75) is 13.8 Å². The molecule has 0 fully saturated rings. The van der Waals surface area contributed by atoms with Gasteiger partial charge in [0, 0.05) is 23.7 Å². The van der Waals surface area contributed by atoms with Crippen LogP contribution in [0.15, 0.2) is 52.9 Å². The number of rotatable bonds is 2. The van der Waals surface area contributed by atoms with Gasteiger partial charge in [0.1, 0.15) is 5.69 Å². The molecule has 0 saturated heterocycles. The van der Waals surface area contributed by atoms with E-state index in [0.717, 1.165) is 28.3 Å². The number of nitrogens with zero attached hydrogens (tertiary/aromatic N) is 1. The van der Waals surface area contributed by atoms with E-state index in [9.17, 15) is 0 Å². The van der Waals surface area contributed by atoms with E-state index >= 15 is 0 Å². The highest BCUT2D eigenvalue weighted by atomic mass is 16.4. The van der Waals surface area contributed by atoms with Crippen LogP contribution in [-0.4, -0.2) is 4.98 Å². The highest BCUT2D eigenvalue weighted by Crippen LogP contribution is 2.32. The van der Waals surface area contributed by atoms with Crippen molar-refractivity contribution in [3.8, 4) is 22.6 Å². The summed E-state index contributed by atoms with van der Waals surface area (Å²) in [5.74, 6) is 1.46. The molecule has 0 aliphatic carbocycles. The van der Waals surface area contributed by atoms with Gasteiger partial charge in [-0.2, -0.15) is 0 Å². The molecule has 0 atom stereocenters. The Morgan fingerprint density at radius 1 is 0.850 bits per heavy atom. The molecule has 0 aliphatic rings. The molecule has 0 aliphatic heterocycles. The van der Waals surface area contributed by atoms with Crippen molar-refractivity contribution < 1.29 is 4.42 Å². The van der Waals surface area contributed by atoms with Crippen molar-refractivity contribution in [2.24, 2.45) is 0 Å². The van der Waals surface area contributed by atoms with Crippen LogP contribution in [0.2, 0.25) is 0 Å². The van der Waals surface area contributed by atoms with Gasteiger partial charge in [0.2, 0.25) is 0 Å². The molecule has 3 heteroatoms. The molecule has 0 spiro atoms. The third-order valence-electron chi connectivity index (χ3n) is 3.23. The van der Waals surface area contributed by atoms with Crippen LogP contribution in [0.3, 0.4) is 0 Å². The second-order valence-corrected chi connectivity index (χ2v) is 4.90. The Labute approximate surface area is 118 Å². The van der Waals surface area contributed by atoms with Gasteiger partial charge in [0.25, 0.3) is 0 Å². The molecule has 0 saturated carbocycles. The fourth-order valence-corrected chi connectivity index (χ4v) is 2.16. The highest BCUT2D eigenvalue weighted by molar-refractivity contribution is 5.77. The Hall–Kier alpha value is -2.55. The lowest BCUT2D eigenvalue weighted by Crippen LogP contribution is -1.86. The minimum absolute atomic E-state index is 0.660. The number of nitrogens with two attached hydrogens (primary N) is 1. The maximum absolute atomic E-state index is 5.78. The first-order valence-corrected chi connectivity index (χ1v) is 6.54. The summed E-state index contributed by atoms with van der Waals surface area (Å²) >= 11 is 0. The van der Waals surface area contributed by atoms with Gasteiger partial charge >= 0.3 is 0 Å². The van der Waals surface area contributed by atoms with E-state index in [4.69, 9.17) is 10.2 Å². The summed E-state index contributed by atoms with van der Waals surface area (Å²) in [6.07, 6.45) is 0. The van der Waals surface area contributed by atoms with Crippen LogP contribution in [0.5, 0.6) is 0 Å². The molecule has 0 unspecified atom stereocenters. The van der Waals surface area contributed by atoms with E-state index in [2.05, 4.69) is 36.2 Å².